The number of halogens is 1. The smallest absolute Gasteiger partial charge is 0.481 e. The Morgan fingerprint density at radius 1 is 1.31 bits per heavy atom. The van der Waals surface area contributed by atoms with Crippen LogP contribution in [0, 0.1) is 17.7 Å². The van der Waals surface area contributed by atoms with E-state index in [0.29, 0.717) is 5.92 Å². The van der Waals surface area contributed by atoms with Gasteiger partial charge >= 0.3 is 14.0 Å². The highest BCUT2D eigenvalue weighted by atomic mass is 31.1. The zero-order valence-corrected chi connectivity index (χ0v) is 18.9. The molecule has 1 aromatic heterocycles. The Kier molecular flexibility index (Phi) is 8.09. The lowest BCUT2D eigenvalue weighted by molar-refractivity contribution is -0.138. The number of carboxylic acids is 1. The van der Waals surface area contributed by atoms with Crippen LogP contribution in [0.4, 0.5) is 4.39 Å². The Bertz CT molecular complexity index is 1050. The van der Waals surface area contributed by atoms with Crippen molar-refractivity contribution in [3.8, 4) is 23.0 Å². The first-order chi connectivity index (χ1) is 15.2. The van der Waals surface area contributed by atoms with E-state index >= 15 is 0 Å². The van der Waals surface area contributed by atoms with Gasteiger partial charge in [-0.1, -0.05) is 37.8 Å². The molecular formula is C24H26FNO5P+. The number of carbonyl (C=O) groups is 1. The Morgan fingerprint density at radius 2 is 2.00 bits per heavy atom. The van der Waals surface area contributed by atoms with E-state index in [2.05, 4.69) is 11.8 Å². The fraction of sp³-hybridized carbons (Fsp3) is 0.417. The van der Waals surface area contributed by atoms with Gasteiger partial charge < -0.3 is 10.2 Å². The summed E-state index contributed by atoms with van der Waals surface area (Å²) in [6.07, 6.45) is 0.216. The Labute approximate surface area is 187 Å². The minimum Gasteiger partial charge on any atom is -0.481 e. The summed E-state index contributed by atoms with van der Waals surface area (Å²) in [5.41, 5.74) is 4.30. The van der Waals surface area contributed by atoms with Crippen molar-refractivity contribution >= 4 is 14.0 Å². The van der Waals surface area contributed by atoms with Crippen LogP contribution in [0.5, 0.6) is 0 Å². The monoisotopic (exact) mass is 458 g/mol. The molecule has 3 rings (SSSR count). The summed E-state index contributed by atoms with van der Waals surface area (Å²) < 4.78 is 30.6. The highest BCUT2D eigenvalue weighted by molar-refractivity contribution is 7.39. The molecule has 1 aliphatic rings. The zero-order chi connectivity index (χ0) is 23.3. The first-order valence-corrected chi connectivity index (χ1v) is 11.9. The molecule has 2 N–H and O–H groups in total. The summed E-state index contributed by atoms with van der Waals surface area (Å²) >= 11 is 0. The summed E-state index contributed by atoms with van der Waals surface area (Å²) in [6, 6.07) is 8.27. The van der Waals surface area contributed by atoms with E-state index in [4.69, 9.17) is 14.6 Å². The van der Waals surface area contributed by atoms with Gasteiger partial charge in [0.25, 0.3) is 0 Å². The van der Waals surface area contributed by atoms with Crippen LogP contribution >= 0.6 is 8.03 Å². The molecule has 0 radical (unpaired) electrons. The van der Waals surface area contributed by atoms with Crippen LogP contribution in [0.25, 0.3) is 11.1 Å². The van der Waals surface area contributed by atoms with Gasteiger partial charge in [0.15, 0.2) is 6.61 Å². The lowest BCUT2D eigenvalue weighted by Crippen LogP contribution is -2.15. The molecule has 168 valence electrons. The van der Waals surface area contributed by atoms with E-state index in [1.54, 1.807) is 12.1 Å². The molecule has 0 saturated heterocycles. The van der Waals surface area contributed by atoms with Gasteiger partial charge in [0.2, 0.25) is 6.16 Å². The van der Waals surface area contributed by atoms with Gasteiger partial charge in [0.05, 0.1) is 17.7 Å². The molecule has 1 aromatic carbocycles. The van der Waals surface area contributed by atoms with E-state index in [0.717, 1.165) is 40.9 Å². The van der Waals surface area contributed by atoms with Gasteiger partial charge in [-0.2, -0.15) is 0 Å². The molecule has 2 unspecified atom stereocenters. The third-order valence-electron chi connectivity index (χ3n) is 5.03. The minimum atomic E-state index is -2.23. The number of aliphatic carboxylic acids is 1. The van der Waals surface area contributed by atoms with Crippen molar-refractivity contribution in [1.82, 2.24) is 4.98 Å². The maximum absolute atomic E-state index is 13.5. The van der Waals surface area contributed by atoms with Gasteiger partial charge in [-0.05, 0) is 47.1 Å². The number of nitrogens with zero attached hydrogens (tertiary/aromatic N) is 1. The average molecular weight is 458 g/mol. The number of aliphatic hydroxyl groups is 1. The standard InChI is InChI=1S/C24H25FNO5P/c1-15(2)24-20(4-3-11-31-32(30)14-19(27)12-23(28)29)21(13-22(26-24)17-5-6-17)16-7-9-18(25)10-8-16/h7-10,13,15,17,19,27H,5-6,11-12,14H2,1-2H3/p+1. The van der Waals surface area contributed by atoms with E-state index < -0.39 is 26.5 Å². The number of carboxylic acid groups (broad SMARTS) is 1. The van der Waals surface area contributed by atoms with Crippen molar-refractivity contribution in [3.63, 3.8) is 0 Å². The molecule has 1 heterocycles. The third kappa shape index (κ3) is 6.67. The molecule has 0 aliphatic heterocycles. The molecular weight excluding hydrogens is 432 g/mol. The summed E-state index contributed by atoms with van der Waals surface area (Å²) in [4.78, 5) is 15.4. The number of hydrogen-bond donors (Lipinski definition) is 2. The summed E-state index contributed by atoms with van der Waals surface area (Å²) in [5.74, 6) is 5.02. The summed E-state index contributed by atoms with van der Waals surface area (Å²) in [6.45, 7) is 3.94. The summed E-state index contributed by atoms with van der Waals surface area (Å²) in [5, 5.41) is 18.2. The number of rotatable bonds is 9. The molecule has 2 aromatic rings. The molecule has 0 spiro atoms. The topological polar surface area (TPSA) is 96.7 Å². The second-order valence-electron chi connectivity index (χ2n) is 8.13. The minimum absolute atomic E-state index is 0.112. The maximum atomic E-state index is 13.5. The average Bonchev–Trinajstić information content (AvgIpc) is 3.56. The molecule has 1 saturated carbocycles. The van der Waals surface area contributed by atoms with E-state index in [1.165, 1.54) is 12.1 Å². The largest absolute Gasteiger partial charge is 0.511 e. The Hall–Kier alpha value is -2.65. The molecule has 6 nitrogen and oxygen atoms in total. The molecule has 0 amide bonds. The highest BCUT2D eigenvalue weighted by Crippen LogP contribution is 2.42. The van der Waals surface area contributed by atoms with Crippen LogP contribution < -0.4 is 0 Å². The first-order valence-electron chi connectivity index (χ1n) is 10.5. The number of benzene rings is 1. The number of aliphatic hydroxyl groups excluding tert-OH is 1. The van der Waals surface area contributed by atoms with Crippen LogP contribution in [0.15, 0.2) is 30.3 Å². The quantitative estimate of drug-likeness (QED) is 0.413. The SMILES string of the molecule is CC(C)c1nc(C2CC2)cc(-c2ccc(F)cc2)c1C#CCO[P+](=O)CC(O)CC(=O)O. The van der Waals surface area contributed by atoms with Crippen molar-refractivity contribution in [3.05, 3.63) is 53.1 Å². The van der Waals surface area contributed by atoms with Crippen LogP contribution in [-0.4, -0.2) is 40.0 Å². The lowest BCUT2D eigenvalue weighted by atomic mass is 9.93. The molecule has 1 fully saturated rings. The van der Waals surface area contributed by atoms with Crippen molar-refractivity contribution < 1.29 is 28.5 Å². The fourth-order valence-electron chi connectivity index (χ4n) is 3.30. The maximum Gasteiger partial charge on any atom is 0.511 e. The van der Waals surface area contributed by atoms with Crippen molar-refractivity contribution in [1.29, 1.82) is 0 Å². The van der Waals surface area contributed by atoms with Gasteiger partial charge in [0.1, 0.15) is 11.9 Å². The normalized spacial score (nSPS) is 14.6. The molecule has 32 heavy (non-hydrogen) atoms. The van der Waals surface area contributed by atoms with E-state index in [9.17, 15) is 18.9 Å². The Balaban J connectivity index is 1.84. The van der Waals surface area contributed by atoms with Gasteiger partial charge in [-0.15, -0.1) is 4.52 Å². The molecule has 8 heteroatoms. The zero-order valence-electron chi connectivity index (χ0n) is 18.0. The highest BCUT2D eigenvalue weighted by Gasteiger charge is 2.28. The van der Waals surface area contributed by atoms with Crippen molar-refractivity contribution in [2.45, 2.75) is 51.0 Å². The predicted molar refractivity (Wildman–Crippen MR) is 119 cm³/mol. The van der Waals surface area contributed by atoms with Crippen LogP contribution in [0.3, 0.4) is 0 Å². The number of aromatic nitrogens is 1. The molecule has 0 bridgehead atoms. The van der Waals surface area contributed by atoms with Gasteiger partial charge in [-0.25, -0.2) is 4.39 Å². The fourth-order valence-corrected chi connectivity index (χ4v) is 4.09. The van der Waals surface area contributed by atoms with Crippen molar-refractivity contribution in [2.75, 3.05) is 12.8 Å². The van der Waals surface area contributed by atoms with Crippen molar-refractivity contribution in [2.24, 2.45) is 0 Å². The predicted octanol–water partition coefficient (Wildman–Crippen LogP) is 4.83. The molecule has 1 aliphatic carbocycles. The summed E-state index contributed by atoms with van der Waals surface area (Å²) in [7, 11) is -2.23. The van der Waals surface area contributed by atoms with E-state index in [1.807, 2.05) is 19.9 Å². The Morgan fingerprint density at radius 3 is 2.59 bits per heavy atom. The number of pyridine rings is 1. The van der Waals surface area contributed by atoms with Gasteiger partial charge in [0, 0.05) is 17.2 Å². The first kappa shape index (κ1) is 24.0. The lowest BCUT2D eigenvalue weighted by Gasteiger charge is -2.15. The van der Waals surface area contributed by atoms with Crippen LogP contribution in [0.1, 0.15) is 61.9 Å². The van der Waals surface area contributed by atoms with Crippen LogP contribution in [0.2, 0.25) is 0 Å². The molecule has 2 atom stereocenters. The second kappa shape index (κ2) is 10.8. The van der Waals surface area contributed by atoms with Gasteiger partial charge in [-0.3, -0.25) is 9.78 Å². The third-order valence-corrected chi connectivity index (χ3v) is 6.17. The second-order valence-corrected chi connectivity index (χ2v) is 9.42. The van der Waals surface area contributed by atoms with E-state index in [-0.39, 0.29) is 24.5 Å². The number of hydrogen-bond acceptors (Lipinski definition) is 5. The van der Waals surface area contributed by atoms with Crippen LogP contribution in [-0.2, 0) is 13.9 Å².